The molecule has 0 saturated carbocycles. The van der Waals surface area contributed by atoms with Crippen molar-refractivity contribution in [3.8, 4) is 10.6 Å². The van der Waals surface area contributed by atoms with Gasteiger partial charge in [-0.15, -0.1) is 11.3 Å². The number of thiazole rings is 1. The first kappa shape index (κ1) is 12.7. The van der Waals surface area contributed by atoms with Gasteiger partial charge in [-0.05, 0) is 45.2 Å². The Morgan fingerprint density at radius 2 is 2.32 bits per heavy atom. The first-order valence-corrected chi connectivity index (χ1v) is 7.57. The van der Waals surface area contributed by atoms with Crippen LogP contribution in [0.5, 0.6) is 0 Å². The second-order valence-corrected chi connectivity index (χ2v) is 6.29. The molecule has 4 nitrogen and oxygen atoms in total. The predicted molar refractivity (Wildman–Crippen MR) is 77.2 cm³/mol. The number of hydrogen-bond acceptors (Lipinski definition) is 5. The molecule has 2 aromatic heterocycles. The molecule has 2 aromatic rings. The van der Waals surface area contributed by atoms with Crippen LogP contribution in [0.15, 0.2) is 18.6 Å². The van der Waals surface area contributed by atoms with Crippen molar-refractivity contribution >= 4 is 11.3 Å². The van der Waals surface area contributed by atoms with Gasteiger partial charge in [-0.25, -0.2) is 9.97 Å². The lowest BCUT2D eigenvalue weighted by atomic mass is 9.95. The van der Waals surface area contributed by atoms with Crippen molar-refractivity contribution in [2.45, 2.75) is 26.2 Å². The number of rotatable bonds is 3. The summed E-state index contributed by atoms with van der Waals surface area (Å²) in [4.78, 5) is 14.4. The van der Waals surface area contributed by atoms with E-state index in [1.165, 1.54) is 12.8 Å². The van der Waals surface area contributed by atoms with E-state index in [1.807, 2.05) is 25.5 Å². The zero-order chi connectivity index (χ0) is 13.1. The maximum Gasteiger partial charge on any atom is 0.100 e. The SMILES string of the molecule is Cc1ncc(-c2cncc(CC3CCCNC3)n2)s1. The number of hydrogen-bond donors (Lipinski definition) is 1. The van der Waals surface area contributed by atoms with E-state index in [0.717, 1.165) is 40.8 Å². The highest BCUT2D eigenvalue weighted by atomic mass is 32.1. The van der Waals surface area contributed by atoms with Gasteiger partial charge in [-0.1, -0.05) is 0 Å². The predicted octanol–water partition coefficient (Wildman–Crippen LogP) is 2.45. The fourth-order valence-electron chi connectivity index (χ4n) is 2.50. The van der Waals surface area contributed by atoms with Crippen molar-refractivity contribution < 1.29 is 0 Å². The molecule has 5 heteroatoms. The van der Waals surface area contributed by atoms with Crippen LogP contribution in [-0.4, -0.2) is 28.0 Å². The number of nitrogens with one attached hydrogen (secondary N) is 1. The largest absolute Gasteiger partial charge is 0.316 e. The quantitative estimate of drug-likeness (QED) is 0.934. The standard InChI is InChI=1S/C14H18N4S/c1-10-17-9-14(19-10)13-8-16-7-12(18-13)5-11-3-2-4-15-6-11/h7-9,11,15H,2-6H2,1H3. The number of nitrogens with zero attached hydrogens (tertiary/aromatic N) is 3. The summed E-state index contributed by atoms with van der Waals surface area (Å²) in [6.07, 6.45) is 9.19. The molecule has 0 aromatic carbocycles. The van der Waals surface area contributed by atoms with Gasteiger partial charge in [0, 0.05) is 12.4 Å². The van der Waals surface area contributed by atoms with E-state index >= 15 is 0 Å². The number of aromatic nitrogens is 3. The van der Waals surface area contributed by atoms with E-state index in [-0.39, 0.29) is 0 Å². The Kier molecular flexibility index (Phi) is 3.84. The molecular weight excluding hydrogens is 256 g/mol. The molecule has 1 unspecified atom stereocenters. The van der Waals surface area contributed by atoms with Crippen LogP contribution in [0, 0.1) is 12.8 Å². The van der Waals surface area contributed by atoms with Gasteiger partial charge in [0.15, 0.2) is 0 Å². The molecule has 0 radical (unpaired) electrons. The molecule has 0 bridgehead atoms. The third kappa shape index (κ3) is 3.16. The number of aryl methyl sites for hydroxylation is 1. The Bertz CT molecular complexity index is 546. The summed E-state index contributed by atoms with van der Waals surface area (Å²) in [6.45, 7) is 4.27. The van der Waals surface area contributed by atoms with Gasteiger partial charge in [0.25, 0.3) is 0 Å². The van der Waals surface area contributed by atoms with E-state index < -0.39 is 0 Å². The molecule has 1 fully saturated rings. The van der Waals surface area contributed by atoms with Crippen molar-refractivity contribution in [3.63, 3.8) is 0 Å². The fraction of sp³-hybridized carbons (Fsp3) is 0.500. The van der Waals surface area contributed by atoms with Gasteiger partial charge >= 0.3 is 0 Å². The molecule has 1 saturated heterocycles. The third-order valence-corrected chi connectivity index (χ3v) is 4.39. The third-order valence-electron chi connectivity index (χ3n) is 3.45. The maximum atomic E-state index is 4.73. The van der Waals surface area contributed by atoms with Gasteiger partial charge in [-0.2, -0.15) is 0 Å². The zero-order valence-electron chi connectivity index (χ0n) is 11.1. The van der Waals surface area contributed by atoms with Gasteiger partial charge in [-0.3, -0.25) is 4.98 Å². The second-order valence-electron chi connectivity index (χ2n) is 5.06. The lowest BCUT2D eigenvalue weighted by molar-refractivity contribution is 0.373. The van der Waals surface area contributed by atoms with Crippen molar-refractivity contribution in [1.29, 1.82) is 0 Å². The van der Waals surface area contributed by atoms with Crippen LogP contribution in [0.2, 0.25) is 0 Å². The highest BCUT2D eigenvalue weighted by molar-refractivity contribution is 7.15. The Hall–Kier alpha value is -1.33. The molecule has 1 aliphatic rings. The van der Waals surface area contributed by atoms with Crippen LogP contribution in [0.4, 0.5) is 0 Å². The number of piperidine rings is 1. The first-order valence-electron chi connectivity index (χ1n) is 6.76. The highest BCUT2D eigenvalue weighted by Crippen LogP contribution is 2.24. The van der Waals surface area contributed by atoms with E-state index in [9.17, 15) is 0 Å². The summed E-state index contributed by atoms with van der Waals surface area (Å²) in [5, 5.41) is 4.52. The topological polar surface area (TPSA) is 50.7 Å². The molecule has 3 rings (SSSR count). The smallest absolute Gasteiger partial charge is 0.100 e. The van der Waals surface area contributed by atoms with E-state index in [1.54, 1.807) is 11.3 Å². The summed E-state index contributed by atoms with van der Waals surface area (Å²) in [5.74, 6) is 0.696. The fourth-order valence-corrected chi connectivity index (χ4v) is 3.23. The van der Waals surface area contributed by atoms with Crippen molar-refractivity contribution in [1.82, 2.24) is 20.3 Å². The minimum atomic E-state index is 0.696. The molecule has 1 atom stereocenters. The van der Waals surface area contributed by atoms with E-state index in [4.69, 9.17) is 4.98 Å². The van der Waals surface area contributed by atoms with Gasteiger partial charge in [0.05, 0.1) is 21.8 Å². The van der Waals surface area contributed by atoms with Crippen LogP contribution < -0.4 is 5.32 Å². The summed E-state index contributed by atoms with van der Waals surface area (Å²) in [5.41, 5.74) is 2.05. The van der Waals surface area contributed by atoms with Crippen LogP contribution in [0.25, 0.3) is 10.6 Å². The Labute approximate surface area is 117 Å². The van der Waals surface area contributed by atoms with Crippen LogP contribution in [-0.2, 0) is 6.42 Å². The summed E-state index contributed by atoms with van der Waals surface area (Å²) < 4.78 is 0. The monoisotopic (exact) mass is 274 g/mol. The minimum absolute atomic E-state index is 0.696. The summed E-state index contributed by atoms with van der Waals surface area (Å²) in [6, 6.07) is 0. The highest BCUT2D eigenvalue weighted by Gasteiger charge is 2.15. The van der Waals surface area contributed by atoms with E-state index in [2.05, 4.69) is 15.3 Å². The lowest BCUT2D eigenvalue weighted by Crippen LogP contribution is -2.31. The van der Waals surface area contributed by atoms with Gasteiger partial charge in [0.2, 0.25) is 0 Å². The molecule has 19 heavy (non-hydrogen) atoms. The Balaban J connectivity index is 1.75. The summed E-state index contributed by atoms with van der Waals surface area (Å²) in [7, 11) is 0. The Morgan fingerprint density at radius 1 is 1.37 bits per heavy atom. The second kappa shape index (κ2) is 5.75. The van der Waals surface area contributed by atoms with Crippen LogP contribution in [0.3, 0.4) is 0 Å². The van der Waals surface area contributed by atoms with Crippen molar-refractivity contribution in [3.05, 3.63) is 29.3 Å². The molecular formula is C14H18N4S. The minimum Gasteiger partial charge on any atom is -0.316 e. The van der Waals surface area contributed by atoms with Gasteiger partial charge < -0.3 is 5.32 Å². The molecule has 0 amide bonds. The summed E-state index contributed by atoms with van der Waals surface area (Å²) >= 11 is 1.67. The molecule has 1 N–H and O–H groups in total. The average molecular weight is 274 g/mol. The van der Waals surface area contributed by atoms with Crippen molar-refractivity contribution in [2.75, 3.05) is 13.1 Å². The van der Waals surface area contributed by atoms with Gasteiger partial charge in [0.1, 0.15) is 5.69 Å². The normalized spacial score (nSPS) is 19.5. The van der Waals surface area contributed by atoms with Crippen LogP contribution in [0.1, 0.15) is 23.5 Å². The first-order chi connectivity index (χ1) is 9.31. The molecule has 0 aliphatic carbocycles. The zero-order valence-corrected chi connectivity index (χ0v) is 11.9. The van der Waals surface area contributed by atoms with Crippen LogP contribution >= 0.6 is 11.3 Å². The average Bonchev–Trinajstić information content (AvgIpc) is 2.87. The molecule has 3 heterocycles. The maximum absolute atomic E-state index is 4.73. The van der Waals surface area contributed by atoms with Crippen molar-refractivity contribution in [2.24, 2.45) is 5.92 Å². The molecule has 0 spiro atoms. The van der Waals surface area contributed by atoms with E-state index in [0.29, 0.717) is 5.92 Å². The lowest BCUT2D eigenvalue weighted by Gasteiger charge is -2.22. The Morgan fingerprint density at radius 3 is 3.05 bits per heavy atom. The molecule has 1 aliphatic heterocycles. The molecule has 100 valence electrons.